The van der Waals surface area contributed by atoms with Gasteiger partial charge in [-0.05, 0) is 42.4 Å². The lowest BCUT2D eigenvalue weighted by Gasteiger charge is -2.39. The fourth-order valence-electron chi connectivity index (χ4n) is 4.45. The largest absolute Gasteiger partial charge is 0.381 e. The Balaban J connectivity index is 1.70. The maximum absolute atomic E-state index is 12.2. The van der Waals surface area contributed by atoms with Crippen LogP contribution in [0, 0.1) is 22.7 Å². The molecule has 2 bridgehead atoms. The Morgan fingerprint density at radius 1 is 1.28 bits per heavy atom. The minimum Gasteiger partial charge on any atom is -0.381 e. The van der Waals surface area contributed by atoms with E-state index in [9.17, 15) is 4.79 Å². The summed E-state index contributed by atoms with van der Waals surface area (Å²) in [6, 6.07) is 0.374. The number of amides is 1. The molecule has 0 spiro atoms. The number of nitrogens with one attached hydrogen (secondary N) is 1. The van der Waals surface area contributed by atoms with Crippen molar-refractivity contribution < 1.29 is 9.53 Å². The average molecular weight is 251 g/mol. The second-order valence-corrected chi connectivity index (χ2v) is 7.23. The fourth-order valence-corrected chi connectivity index (χ4v) is 4.45. The minimum atomic E-state index is 0.0934. The average Bonchev–Trinajstić information content (AvgIpc) is 2.95. The van der Waals surface area contributed by atoms with Crippen molar-refractivity contribution in [2.45, 2.75) is 52.5 Å². The lowest BCUT2D eigenvalue weighted by molar-refractivity contribution is -0.126. The normalized spacial score (nSPS) is 45.4. The number of hydrogen-bond acceptors (Lipinski definition) is 2. The van der Waals surface area contributed by atoms with E-state index in [4.69, 9.17) is 4.74 Å². The van der Waals surface area contributed by atoms with Crippen molar-refractivity contribution in [2.24, 2.45) is 22.7 Å². The zero-order valence-electron chi connectivity index (χ0n) is 11.8. The lowest BCUT2D eigenvalue weighted by Crippen LogP contribution is -2.48. The molecule has 0 aromatic carbocycles. The molecular weight excluding hydrogens is 226 g/mol. The summed E-state index contributed by atoms with van der Waals surface area (Å²) < 4.78 is 5.31. The van der Waals surface area contributed by atoms with Gasteiger partial charge in [-0.2, -0.15) is 0 Å². The Morgan fingerprint density at radius 3 is 2.56 bits per heavy atom. The van der Waals surface area contributed by atoms with Gasteiger partial charge in [-0.25, -0.2) is 0 Å². The third kappa shape index (κ3) is 1.56. The Bertz CT molecular complexity index is 360. The molecular formula is C15H25NO2. The molecule has 2 saturated carbocycles. The van der Waals surface area contributed by atoms with E-state index >= 15 is 0 Å². The summed E-state index contributed by atoms with van der Waals surface area (Å²) in [5.74, 6) is 1.10. The highest BCUT2D eigenvalue weighted by atomic mass is 16.5. The molecule has 1 saturated heterocycles. The predicted octanol–water partition coefficient (Wildman–Crippen LogP) is 2.35. The fraction of sp³-hybridized carbons (Fsp3) is 0.933. The van der Waals surface area contributed by atoms with Crippen LogP contribution in [0.1, 0.15) is 46.5 Å². The molecule has 18 heavy (non-hydrogen) atoms. The highest BCUT2D eigenvalue weighted by Crippen LogP contribution is 2.65. The number of rotatable bonds is 2. The van der Waals surface area contributed by atoms with Crippen LogP contribution in [0.15, 0.2) is 0 Å². The molecule has 0 unspecified atom stereocenters. The molecule has 1 heterocycles. The van der Waals surface area contributed by atoms with E-state index in [1.807, 2.05) is 0 Å². The van der Waals surface area contributed by atoms with Gasteiger partial charge in [-0.1, -0.05) is 20.8 Å². The molecule has 102 valence electrons. The molecule has 1 N–H and O–H groups in total. The third-order valence-electron chi connectivity index (χ3n) is 6.41. The minimum absolute atomic E-state index is 0.0934. The standard InChI is InChI=1S/C15H25NO2/c1-14(2)11-4-6-15(14,3)12(8-11)16-13(17)10-5-7-18-9-10/h10-12H,4-9H2,1-3H3,(H,16,17)/t10-,11-,12-,15-/m0/s1. The Morgan fingerprint density at radius 2 is 2.06 bits per heavy atom. The monoisotopic (exact) mass is 251 g/mol. The van der Waals surface area contributed by atoms with Gasteiger partial charge in [0.1, 0.15) is 0 Å². The first-order chi connectivity index (χ1) is 8.45. The molecule has 1 amide bonds. The van der Waals surface area contributed by atoms with E-state index in [1.165, 1.54) is 19.3 Å². The van der Waals surface area contributed by atoms with Crippen LogP contribution in [-0.4, -0.2) is 25.2 Å². The summed E-state index contributed by atoms with van der Waals surface area (Å²) >= 11 is 0. The van der Waals surface area contributed by atoms with Crippen LogP contribution in [0.4, 0.5) is 0 Å². The zero-order chi connectivity index (χ0) is 13.0. The smallest absolute Gasteiger partial charge is 0.225 e. The number of carbonyl (C=O) groups is 1. The summed E-state index contributed by atoms with van der Waals surface area (Å²) in [4.78, 5) is 12.2. The number of fused-ring (bicyclic) bond motifs is 2. The van der Waals surface area contributed by atoms with Gasteiger partial charge in [0.25, 0.3) is 0 Å². The number of ether oxygens (including phenoxy) is 1. The van der Waals surface area contributed by atoms with Crippen molar-refractivity contribution in [2.75, 3.05) is 13.2 Å². The van der Waals surface area contributed by atoms with E-state index in [2.05, 4.69) is 26.1 Å². The summed E-state index contributed by atoms with van der Waals surface area (Å²) in [7, 11) is 0. The van der Waals surface area contributed by atoms with Crippen LogP contribution in [0.3, 0.4) is 0 Å². The van der Waals surface area contributed by atoms with E-state index in [-0.39, 0.29) is 17.2 Å². The van der Waals surface area contributed by atoms with Crippen LogP contribution < -0.4 is 5.32 Å². The van der Waals surface area contributed by atoms with Crippen molar-refractivity contribution >= 4 is 5.91 Å². The van der Waals surface area contributed by atoms with Gasteiger partial charge < -0.3 is 10.1 Å². The third-order valence-corrected chi connectivity index (χ3v) is 6.41. The molecule has 3 rings (SSSR count). The van der Waals surface area contributed by atoms with Gasteiger partial charge in [-0.15, -0.1) is 0 Å². The van der Waals surface area contributed by atoms with Crippen molar-refractivity contribution in [3.05, 3.63) is 0 Å². The van der Waals surface area contributed by atoms with Gasteiger partial charge in [0.05, 0.1) is 12.5 Å². The molecule has 3 fully saturated rings. The van der Waals surface area contributed by atoms with Crippen LogP contribution in [-0.2, 0) is 9.53 Å². The SMILES string of the molecule is CC1(C)[C@H]2CC[C@@]1(C)[C@@H](NC(=O)[C@H]1CCOC1)C2. The highest BCUT2D eigenvalue weighted by molar-refractivity contribution is 5.79. The molecule has 3 heteroatoms. The Labute approximate surface area is 110 Å². The topological polar surface area (TPSA) is 38.3 Å². The second-order valence-electron chi connectivity index (χ2n) is 7.23. The summed E-state index contributed by atoms with van der Waals surface area (Å²) in [5, 5.41) is 3.33. The molecule has 2 aliphatic carbocycles. The first-order valence-electron chi connectivity index (χ1n) is 7.33. The van der Waals surface area contributed by atoms with E-state index < -0.39 is 0 Å². The van der Waals surface area contributed by atoms with Crippen LogP contribution in [0.25, 0.3) is 0 Å². The molecule has 0 aromatic rings. The molecule has 0 aromatic heterocycles. The molecule has 3 nitrogen and oxygen atoms in total. The predicted molar refractivity (Wildman–Crippen MR) is 70.1 cm³/mol. The van der Waals surface area contributed by atoms with Gasteiger partial charge in [0, 0.05) is 12.6 Å². The summed E-state index contributed by atoms with van der Waals surface area (Å²) in [6.45, 7) is 8.50. The maximum atomic E-state index is 12.2. The second kappa shape index (κ2) is 3.96. The van der Waals surface area contributed by atoms with Crippen LogP contribution >= 0.6 is 0 Å². The Hall–Kier alpha value is -0.570. The zero-order valence-corrected chi connectivity index (χ0v) is 11.8. The lowest BCUT2D eigenvalue weighted by atomic mass is 9.69. The van der Waals surface area contributed by atoms with Gasteiger partial charge in [-0.3, -0.25) is 4.79 Å². The van der Waals surface area contributed by atoms with Crippen molar-refractivity contribution in [1.82, 2.24) is 5.32 Å². The van der Waals surface area contributed by atoms with Crippen molar-refractivity contribution in [1.29, 1.82) is 0 Å². The van der Waals surface area contributed by atoms with Gasteiger partial charge in [0.2, 0.25) is 5.91 Å². The van der Waals surface area contributed by atoms with E-state index in [1.54, 1.807) is 0 Å². The molecule has 4 atom stereocenters. The van der Waals surface area contributed by atoms with Crippen LogP contribution in [0.5, 0.6) is 0 Å². The quantitative estimate of drug-likeness (QED) is 0.818. The van der Waals surface area contributed by atoms with Crippen molar-refractivity contribution in [3.8, 4) is 0 Å². The number of carbonyl (C=O) groups excluding carboxylic acids is 1. The summed E-state index contributed by atoms with van der Waals surface area (Å²) in [6.07, 6.45) is 4.66. The van der Waals surface area contributed by atoms with E-state index in [0.29, 0.717) is 18.1 Å². The van der Waals surface area contributed by atoms with Crippen LogP contribution in [0.2, 0.25) is 0 Å². The number of hydrogen-bond donors (Lipinski definition) is 1. The molecule has 0 radical (unpaired) electrons. The van der Waals surface area contributed by atoms with Gasteiger partial charge in [0.15, 0.2) is 0 Å². The van der Waals surface area contributed by atoms with Gasteiger partial charge >= 0.3 is 0 Å². The highest BCUT2D eigenvalue weighted by Gasteiger charge is 2.61. The molecule has 3 aliphatic rings. The van der Waals surface area contributed by atoms with Crippen molar-refractivity contribution in [3.63, 3.8) is 0 Å². The van der Waals surface area contributed by atoms with E-state index in [0.717, 1.165) is 18.9 Å². The molecule has 1 aliphatic heterocycles. The first-order valence-corrected chi connectivity index (χ1v) is 7.33. The maximum Gasteiger partial charge on any atom is 0.225 e. The first kappa shape index (κ1) is 12.5. The Kier molecular flexibility index (Phi) is 2.74. The summed E-state index contributed by atoms with van der Waals surface area (Å²) in [5.41, 5.74) is 0.657.